The molecule has 0 atom stereocenters. The Kier molecular flexibility index (Phi) is 7.19. The topological polar surface area (TPSA) is 32.3 Å². The van der Waals surface area contributed by atoms with Gasteiger partial charge in [0.25, 0.3) is 0 Å². The Bertz CT molecular complexity index is 390. The number of nitrogens with one attached hydrogen (secondary N) is 1. The van der Waals surface area contributed by atoms with Gasteiger partial charge in [-0.3, -0.25) is 9.69 Å². The number of carbonyl (C=O) groups is 1. The summed E-state index contributed by atoms with van der Waals surface area (Å²) in [4.78, 5) is 13.8. The van der Waals surface area contributed by atoms with Crippen LogP contribution in [0.25, 0.3) is 0 Å². The van der Waals surface area contributed by atoms with Crippen molar-refractivity contribution in [2.75, 3.05) is 26.7 Å². The third kappa shape index (κ3) is 6.39. The van der Waals surface area contributed by atoms with E-state index in [-0.39, 0.29) is 5.91 Å². The SMILES string of the molecule is CCCCN(C)CC(=O)NCCc1ccccc1C. The third-order valence-corrected chi connectivity index (χ3v) is 3.28. The van der Waals surface area contributed by atoms with Crippen LogP contribution < -0.4 is 5.32 Å². The van der Waals surface area contributed by atoms with Crippen LogP contribution in [-0.4, -0.2) is 37.5 Å². The van der Waals surface area contributed by atoms with Crippen LogP contribution >= 0.6 is 0 Å². The van der Waals surface area contributed by atoms with E-state index in [1.807, 2.05) is 19.2 Å². The summed E-state index contributed by atoms with van der Waals surface area (Å²) in [7, 11) is 2.00. The van der Waals surface area contributed by atoms with Crippen molar-refractivity contribution in [3.05, 3.63) is 35.4 Å². The lowest BCUT2D eigenvalue weighted by molar-refractivity contribution is -0.121. The lowest BCUT2D eigenvalue weighted by atomic mass is 10.1. The molecule has 106 valence electrons. The summed E-state index contributed by atoms with van der Waals surface area (Å²) >= 11 is 0. The second kappa shape index (κ2) is 8.70. The summed E-state index contributed by atoms with van der Waals surface area (Å²) in [5.74, 6) is 0.118. The van der Waals surface area contributed by atoms with Gasteiger partial charge in [0, 0.05) is 6.54 Å². The zero-order valence-corrected chi connectivity index (χ0v) is 12.4. The molecule has 3 nitrogen and oxygen atoms in total. The molecule has 0 fully saturated rings. The van der Waals surface area contributed by atoms with Gasteiger partial charge < -0.3 is 5.32 Å². The summed E-state index contributed by atoms with van der Waals surface area (Å²) in [6, 6.07) is 8.31. The zero-order chi connectivity index (χ0) is 14.1. The second-order valence-corrected chi connectivity index (χ2v) is 5.12. The van der Waals surface area contributed by atoms with E-state index in [1.54, 1.807) is 0 Å². The fourth-order valence-electron chi connectivity index (χ4n) is 2.04. The average Bonchev–Trinajstić information content (AvgIpc) is 2.38. The molecule has 0 aromatic heterocycles. The van der Waals surface area contributed by atoms with Gasteiger partial charge in [0.2, 0.25) is 5.91 Å². The van der Waals surface area contributed by atoms with Gasteiger partial charge in [-0.05, 0) is 44.5 Å². The van der Waals surface area contributed by atoms with Crippen LogP contribution in [0.4, 0.5) is 0 Å². The molecule has 0 spiro atoms. The van der Waals surface area contributed by atoms with Crippen molar-refractivity contribution in [2.45, 2.75) is 33.1 Å². The molecule has 19 heavy (non-hydrogen) atoms. The summed E-state index contributed by atoms with van der Waals surface area (Å²) in [5.41, 5.74) is 2.60. The standard InChI is InChI=1S/C16H26N2O/c1-4-5-12-18(3)13-16(19)17-11-10-15-9-7-6-8-14(15)2/h6-9H,4-5,10-13H2,1-3H3,(H,17,19). The summed E-state index contributed by atoms with van der Waals surface area (Å²) in [5, 5.41) is 2.99. The van der Waals surface area contributed by atoms with Gasteiger partial charge in [0.1, 0.15) is 0 Å². The molecule has 0 saturated heterocycles. The number of aryl methyl sites for hydroxylation is 1. The van der Waals surface area contributed by atoms with Gasteiger partial charge >= 0.3 is 0 Å². The van der Waals surface area contributed by atoms with Crippen LogP contribution in [0.1, 0.15) is 30.9 Å². The fourth-order valence-corrected chi connectivity index (χ4v) is 2.04. The lowest BCUT2D eigenvalue weighted by Gasteiger charge is -2.15. The number of likely N-dealkylation sites (N-methyl/N-ethyl adjacent to an activating group) is 1. The fraction of sp³-hybridized carbons (Fsp3) is 0.562. The van der Waals surface area contributed by atoms with Crippen LogP contribution in [0.15, 0.2) is 24.3 Å². The number of rotatable bonds is 8. The van der Waals surface area contributed by atoms with E-state index >= 15 is 0 Å². The molecular weight excluding hydrogens is 236 g/mol. The van der Waals surface area contributed by atoms with Gasteiger partial charge in [-0.25, -0.2) is 0 Å². The maximum absolute atomic E-state index is 11.7. The number of nitrogens with zero attached hydrogens (tertiary/aromatic N) is 1. The van der Waals surface area contributed by atoms with Crippen molar-refractivity contribution in [1.29, 1.82) is 0 Å². The lowest BCUT2D eigenvalue weighted by Crippen LogP contribution is -2.36. The molecule has 0 radical (unpaired) electrons. The molecule has 0 bridgehead atoms. The first-order chi connectivity index (χ1) is 9.13. The van der Waals surface area contributed by atoms with Gasteiger partial charge in [0.05, 0.1) is 6.54 Å². The summed E-state index contributed by atoms with van der Waals surface area (Å²) in [6.45, 7) is 6.46. The molecule has 1 aromatic carbocycles. The molecular formula is C16H26N2O. The molecule has 1 N–H and O–H groups in total. The van der Waals surface area contributed by atoms with E-state index in [9.17, 15) is 4.79 Å². The molecule has 0 aliphatic heterocycles. The molecule has 3 heteroatoms. The molecule has 0 aliphatic rings. The number of amides is 1. The molecule has 1 rings (SSSR count). The average molecular weight is 262 g/mol. The van der Waals surface area contributed by atoms with Crippen molar-refractivity contribution in [3.63, 3.8) is 0 Å². The Hall–Kier alpha value is -1.35. The minimum absolute atomic E-state index is 0.118. The normalized spacial score (nSPS) is 10.7. The highest BCUT2D eigenvalue weighted by molar-refractivity contribution is 5.77. The monoisotopic (exact) mass is 262 g/mol. The van der Waals surface area contributed by atoms with Crippen LogP contribution in [0.5, 0.6) is 0 Å². The molecule has 0 saturated carbocycles. The van der Waals surface area contributed by atoms with E-state index in [4.69, 9.17) is 0 Å². The zero-order valence-electron chi connectivity index (χ0n) is 12.4. The van der Waals surface area contributed by atoms with Crippen molar-refractivity contribution < 1.29 is 4.79 Å². The second-order valence-electron chi connectivity index (χ2n) is 5.12. The molecule has 1 aromatic rings. The quantitative estimate of drug-likeness (QED) is 0.780. The van der Waals surface area contributed by atoms with Crippen LogP contribution in [-0.2, 0) is 11.2 Å². The number of carbonyl (C=O) groups excluding carboxylic acids is 1. The number of benzene rings is 1. The maximum Gasteiger partial charge on any atom is 0.234 e. The first-order valence-electron chi connectivity index (χ1n) is 7.13. The Balaban J connectivity index is 2.22. The smallest absolute Gasteiger partial charge is 0.234 e. The Morgan fingerprint density at radius 2 is 2.05 bits per heavy atom. The van der Waals surface area contributed by atoms with Crippen molar-refractivity contribution in [1.82, 2.24) is 10.2 Å². The molecule has 0 aliphatic carbocycles. The first kappa shape index (κ1) is 15.7. The minimum atomic E-state index is 0.118. The van der Waals surface area contributed by atoms with E-state index in [0.717, 1.165) is 19.4 Å². The Labute approximate surface area is 117 Å². The van der Waals surface area contributed by atoms with E-state index in [2.05, 4.69) is 36.2 Å². The minimum Gasteiger partial charge on any atom is -0.355 e. The number of hydrogen-bond donors (Lipinski definition) is 1. The summed E-state index contributed by atoms with van der Waals surface area (Å²) < 4.78 is 0. The van der Waals surface area contributed by atoms with Crippen LogP contribution in [0, 0.1) is 6.92 Å². The highest BCUT2D eigenvalue weighted by atomic mass is 16.2. The van der Waals surface area contributed by atoms with Crippen LogP contribution in [0.2, 0.25) is 0 Å². The highest BCUT2D eigenvalue weighted by Gasteiger charge is 2.05. The van der Waals surface area contributed by atoms with Crippen molar-refractivity contribution >= 4 is 5.91 Å². The van der Waals surface area contributed by atoms with Crippen molar-refractivity contribution in [3.8, 4) is 0 Å². The molecule has 0 unspecified atom stereocenters. The maximum atomic E-state index is 11.7. The summed E-state index contributed by atoms with van der Waals surface area (Å²) in [6.07, 6.45) is 3.21. The van der Waals surface area contributed by atoms with E-state index < -0.39 is 0 Å². The number of hydrogen-bond acceptors (Lipinski definition) is 2. The van der Waals surface area contributed by atoms with Crippen LogP contribution in [0.3, 0.4) is 0 Å². The first-order valence-corrected chi connectivity index (χ1v) is 7.13. The van der Waals surface area contributed by atoms with E-state index in [1.165, 1.54) is 17.5 Å². The predicted molar refractivity (Wildman–Crippen MR) is 80.3 cm³/mol. The molecule has 1 amide bonds. The van der Waals surface area contributed by atoms with Crippen molar-refractivity contribution in [2.24, 2.45) is 0 Å². The highest BCUT2D eigenvalue weighted by Crippen LogP contribution is 2.06. The van der Waals surface area contributed by atoms with E-state index in [0.29, 0.717) is 13.1 Å². The number of unbranched alkanes of at least 4 members (excludes halogenated alkanes) is 1. The predicted octanol–water partition coefficient (Wildman–Crippen LogP) is 2.39. The van der Waals surface area contributed by atoms with Gasteiger partial charge in [-0.2, -0.15) is 0 Å². The van der Waals surface area contributed by atoms with Gasteiger partial charge in [-0.1, -0.05) is 37.6 Å². The Morgan fingerprint density at radius 1 is 1.32 bits per heavy atom. The largest absolute Gasteiger partial charge is 0.355 e. The Morgan fingerprint density at radius 3 is 2.74 bits per heavy atom. The molecule has 0 heterocycles. The third-order valence-electron chi connectivity index (χ3n) is 3.28. The van der Waals surface area contributed by atoms with Gasteiger partial charge in [0.15, 0.2) is 0 Å². The van der Waals surface area contributed by atoms with Gasteiger partial charge in [-0.15, -0.1) is 0 Å².